The summed E-state index contributed by atoms with van der Waals surface area (Å²) in [7, 11) is -3.61. The number of rotatable bonds is 7. The van der Waals surface area contributed by atoms with Gasteiger partial charge in [-0.2, -0.15) is 0 Å². The molecule has 0 aliphatic heterocycles. The standard InChI is InChI=1S/C17H21N3O3S/c1-13-6-7-16(14(2)11-13)24(22,23)20-10-8-17(21)19-12-15-5-3-4-9-18-15/h3-7,9,11,20H,8,10,12H2,1-2H3,(H,19,21). The number of nitrogens with one attached hydrogen (secondary N) is 2. The van der Waals surface area contributed by atoms with Crippen LogP contribution in [0.25, 0.3) is 0 Å². The van der Waals surface area contributed by atoms with E-state index in [1.807, 2.05) is 25.1 Å². The Kier molecular flexibility index (Phi) is 6.05. The summed E-state index contributed by atoms with van der Waals surface area (Å²) >= 11 is 0. The maximum absolute atomic E-state index is 12.3. The van der Waals surface area contributed by atoms with E-state index >= 15 is 0 Å². The first kappa shape index (κ1) is 18.1. The van der Waals surface area contributed by atoms with Gasteiger partial charge in [0.2, 0.25) is 15.9 Å². The number of hydrogen-bond donors (Lipinski definition) is 2. The van der Waals surface area contributed by atoms with E-state index in [1.165, 1.54) is 0 Å². The summed E-state index contributed by atoms with van der Waals surface area (Å²) in [4.78, 5) is 16.1. The van der Waals surface area contributed by atoms with Crippen molar-refractivity contribution in [1.82, 2.24) is 15.0 Å². The smallest absolute Gasteiger partial charge is 0.240 e. The van der Waals surface area contributed by atoms with Crippen LogP contribution in [-0.2, 0) is 21.4 Å². The van der Waals surface area contributed by atoms with Gasteiger partial charge in [-0.25, -0.2) is 13.1 Å². The number of nitrogens with zero attached hydrogens (tertiary/aromatic N) is 1. The van der Waals surface area contributed by atoms with Crippen LogP contribution in [0.3, 0.4) is 0 Å². The molecule has 0 spiro atoms. The highest BCUT2D eigenvalue weighted by Crippen LogP contribution is 2.16. The Morgan fingerprint density at radius 1 is 1.17 bits per heavy atom. The van der Waals surface area contributed by atoms with E-state index in [9.17, 15) is 13.2 Å². The summed E-state index contributed by atoms with van der Waals surface area (Å²) in [6, 6.07) is 10.6. The van der Waals surface area contributed by atoms with E-state index < -0.39 is 10.0 Å². The van der Waals surface area contributed by atoms with Crippen molar-refractivity contribution in [3.63, 3.8) is 0 Å². The van der Waals surface area contributed by atoms with Crippen molar-refractivity contribution in [2.75, 3.05) is 6.54 Å². The van der Waals surface area contributed by atoms with Crippen molar-refractivity contribution in [3.05, 3.63) is 59.4 Å². The Bertz CT molecular complexity index is 805. The zero-order chi connectivity index (χ0) is 17.6. The van der Waals surface area contributed by atoms with Gasteiger partial charge in [-0.05, 0) is 37.6 Å². The van der Waals surface area contributed by atoms with E-state index in [4.69, 9.17) is 0 Å². The Balaban J connectivity index is 1.83. The van der Waals surface area contributed by atoms with Gasteiger partial charge < -0.3 is 5.32 Å². The predicted molar refractivity (Wildman–Crippen MR) is 91.8 cm³/mol. The first-order valence-corrected chi connectivity index (χ1v) is 9.10. The van der Waals surface area contributed by atoms with Crippen molar-refractivity contribution >= 4 is 15.9 Å². The minimum Gasteiger partial charge on any atom is -0.350 e. The minimum absolute atomic E-state index is 0.0453. The van der Waals surface area contributed by atoms with Crippen LogP contribution in [0.1, 0.15) is 23.2 Å². The Labute approximate surface area is 142 Å². The van der Waals surface area contributed by atoms with Crippen LogP contribution >= 0.6 is 0 Å². The quantitative estimate of drug-likeness (QED) is 0.798. The van der Waals surface area contributed by atoms with Gasteiger partial charge in [-0.1, -0.05) is 23.8 Å². The second-order valence-corrected chi connectivity index (χ2v) is 7.25. The molecule has 0 atom stereocenters. The summed E-state index contributed by atoms with van der Waals surface area (Å²) in [6.45, 7) is 4.02. The molecule has 1 aromatic heterocycles. The van der Waals surface area contributed by atoms with Crippen molar-refractivity contribution < 1.29 is 13.2 Å². The van der Waals surface area contributed by atoms with Gasteiger partial charge in [-0.3, -0.25) is 9.78 Å². The largest absolute Gasteiger partial charge is 0.350 e. The van der Waals surface area contributed by atoms with Crippen molar-refractivity contribution in [2.24, 2.45) is 0 Å². The van der Waals surface area contributed by atoms with Gasteiger partial charge in [0, 0.05) is 19.2 Å². The highest BCUT2D eigenvalue weighted by Gasteiger charge is 2.16. The van der Waals surface area contributed by atoms with Crippen LogP contribution in [0.5, 0.6) is 0 Å². The maximum atomic E-state index is 12.3. The summed E-state index contributed by atoms with van der Waals surface area (Å²) < 4.78 is 27.0. The van der Waals surface area contributed by atoms with Crippen LogP contribution in [-0.4, -0.2) is 25.9 Å². The third kappa shape index (κ3) is 5.14. The number of amides is 1. The van der Waals surface area contributed by atoms with Gasteiger partial charge >= 0.3 is 0 Å². The molecule has 1 heterocycles. The molecular formula is C17H21N3O3S. The van der Waals surface area contributed by atoms with Crippen molar-refractivity contribution in [2.45, 2.75) is 31.7 Å². The highest BCUT2D eigenvalue weighted by atomic mass is 32.2. The van der Waals surface area contributed by atoms with Crippen LogP contribution in [0.2, 0.25) is 0 Å². The number of benzene rings is 1. The number of aryl methyl sites for hydroxylation is 2. The molecule has 2 N–H and O–H groups in total. The van der Waals surface area contributed by atoms with E-state index in [-0.39, 0.29) is 23.8 Å². The lowest BCUT2D eigenvalue weighted by Gasteiger charge is -2.10. The Morgan fingerprint density at radius 3 is 2.62 bits per heavy atom. The van der Waals surface area contributed by atoms with E-state index in [0.29, 0.717) is 12.1 Å². The van der Waals surface area contributed by atoms with E-state index in [2.05, 4.69) is 15.0 Å². The third-order valence-corrected chi connectivity index (χ3v) is 5.08. The molecule has 6 nitrogen and oxygen atoms in total. The summed E-state index contributed by atoms with van der Waals surface area (Å²) in [6.07, 6.45) is 1.72. The van der Waals surface area contributed by atoms with Gasteiger partial charge in [0.1, 0.15) is 0 Å². The lowest BCUT2D eigenvalue weighted by molar-refractivity contribution is -0.121. The van der Waals surface area contributed by atoms with Crippen LogP contribution in [0, 0.1) is 13.8 Å². The number of aromatic nitrogens is 1. The van der Waals surface area contributed by atoms with Crippen LogP contribution in [0.15, 0.2) is 47.5 Å². The molecular weight excluding hydrogens is 326 g/mol. The second kappa shape index (κ2) is 8.03. The van der Waals surface area contributed by atoms with Gasteiger partial charge in [-0.15, -0.1) is 0 Å². The molecule has 128 valence electrons. The Morgan fingerprint density at radius 2 is 1.96 bits per heavy atom. The fourth-order valence-electron chi connectivity index (χ4n) is 2.26. The number of carbonyl (C=O) groups excluding carboxylic acids is 1. The lowest BCUT2D eigenvalue weighted by Crippen LogP contribution is -2.31. The highest BCUT2D eigenvalue weighted by molar-refractivity contribution is 7.89. The topological polar surface area (TPSA) is 88.2 Å². The molecule has 0 unspecified atom stereocenters. The lowest BCUT2D eigenvalue weighted by atomic mass is 10.2. The average molecular weight is 347 g/mol. The molecule has 0 radical (unpaired) electrons. The van der Waals surface area contributed by atoms with Crippen LogP contribution < -0.4 is 10.0 Å². The van der Waals surface area contributed by atoms with E-state index in [1.54, 1.807) is 31.3 Å². The summed E-state index contributed by atoms with van der Waals surface area (Å²) in [5, 5.41) is 2.71. The number of pyridine rings is 1. The first-order chi connectivity index (χ1) is 11.4. The van der Waals surface area contributed by atoms with Crippen molar-refractivity contribution in [1.29, 1.82) is 0 Å². The molecule has 0 bridgehead atoms. The fraction of sp³-hybridized carbons (Fsp3) is 0.294. The molecule has 0 saturated carbocycles. The SMILES string of the molecule is Cc1ccc(S(=O)(=O)NCCC(=O)NCc2ccccn2)c(C)c1. The molecule has 7 heteroatoms. The molecule has 0 saturated heterocycles. The molecule has 0 fully saturated rings. The first-order valence-electron chi connectivity index (χ1n) is 7.62. The zero-order valence-electron chi connectivity index (χ0n) is 13.7. The number of hydrogen-bond acceptors (Lipinski definition) is 4. The van der Waals surface area contributed by atoms with Crippen LogP contribution in [0.4, 0.5) is 0 Å². The maximum Gasteiger partial charge on any atom is 0.240 e. The molecule has 0 aliphatic rings. The average Bonchev–Trinajstić information content (AvgIpc) is 2.53. The van der Waals surface area contributed by atoms with Gasteiger partial charge in [0.25, 0.3) is 0 Å². The third-order valence-electron chi connectivity index (χ3n) is 3.46. The minimum atomic E-state index is -3.61. The molecule has 24 heavy (non-hydrogen) atoms. The van der Waals surface area contributed by atoms with E-state index in [0.717, 1.165) is 11.3 Å². The molecule has 1 amide bonds. The summed E-state index contributed by atoms with van der Waals surface area (Å²) in [5.74, 6) is -0.232. The zero-order valence-corrected chi connectivity index (χ0v) is 14.6. The molecule has 2 aromatic rings. The predicted octanol–water partition coefficient (Wildman–Crippen LogP) is 1.68. The monoisotopic (exact) mass is 347 g/mol. The molecule has 0 aliphatic carbocycles. The van der Waals surface area contributed by atoms with Gasteiger partial charge in [0.15, 0.2) is 0 Å². The van der Waals surface area contributed by atoms with Gasteiger partial charge in [0.05, 0.1) is 17.1 Å². The molecule has 2 rings (SSSR count). The molecule has 1 aromatic carbocycles. The summed E-state index contributed by atoms with van der Waals surface area (Å²) in [5.41, 5.74) is 2.43. The fourth-order valence-corrected chi connectivity index (χ4v) is 3.51. The Hall–Kier alpha value is -2.25. The number of sulfonamides is 1. The second-order valence-electron chi connectivity index (χ2n) is 5.51. The normalized spacial score (nSPS) is 11.2. The van der Waals surface area contributed by atoms with Crippen molar-refractivity contribution in [3.8, 4) is 0 Å². The number of carbonyl (C=O) groups is 1.